The van der Waals surface area contributed by atoms with Crippen molar-refractivity contribution in [3.8, 4) is 11.5 Å². The summed E-state index contributed by atoms with van der Waals surface area (Å²) in [6.45, 7) is 8.17. The molecule has 0 aromatic heterocycles. The zero-order valence-electron chi connectivity index (χ0n) is 25.0. The molecule has 0 fully saturated rings. The van der Waals surface area contributed by atoms with Crippen LogP contribution in [0.1, 0.15) is 53.9 Å². The Morgan fingerprint density at radius 1 is 0.721 bits per heavy atom. The Kier molecular flexibility index (Phi) is 12.4. The lowest BCUT2D eigenvalue weighted by atomic mass is 10.0. The van der Waals surface area contributed by atoms with Gasteiger partial charge in [-0.25, -0.2) is 16.8 Å². The number of benzene rings is 3. The van der Waals surface area contributed by atoms with Crippen molar-refractivity contribution in [3.63, 3.8) is 0 Å². The quantitative estimate of drug-likeness (QED) is 0.144. The van der Waals surface area contributed by atoms with Crippen LogP contribution in [0.3, 0.4) is 0 Å². The summed E-state index contributed by atoms with van der Waals surface area (Å²) in [5.41, 5.74) is 10.0. The molecule has 3 aromatic carbocycles. The molecule has 0 amide bonds. The predicted molar refractivity (Wildman–Crippen MR) is 169 cm³/mol. The van der Waals surface area contributed by atoms with Crippen LogP contribution < -0.4 is 20.5 Å². The van der Waals surface area contributed by atoms with Gasteiger partial charge in [-0.05, 0) is 68.7 Å². The predicted octanol–water partition coefficient (Wildman–Crippen LogP) is 2.74. The van der Waals surface area contributed by atoms with Crippen molar-refractivity contribution in [2.45, 2.75) is 58.5 Å². The molecule has 0 heterocycles. The number of hydrogen-bond donors (Lipinski definition) is 8. The van der Waals surface area contributed by atoms with Crippen molar-refractivity contribution in [3.05, 3.63) is 82.4 Å². The molecule has 0 aliphatic rings. The average Bonchev–Trinajstić information content (AvgIpc) is 2.87. The summed E-state index contributed by atoms with van der Waals surface area (Å²) in [5, 5.41) is 42.9. The lowest BCUT2D eigenvalue weighted by molar-refractivity contribution is 0.135. The van der Waals surface area contributed by atoms with E-state index in [0.717, 1.165) is 18.1 Å². The molecule has 12 nitrogen and oxygen atoms in total. The van der Waals surface area contributed by atoms with Gasteiger partial charge < -0.3 is 31.5 Å². The van der Waals surface area contributed by atoms with Crippen LogP contribution >= 0.6 is 0 Å². The van der Waals surface area contributed by atoms with Gasteiger partial charge in [-0.1, -0.05) is 41.5 Å². The Labute approximate surface area is 253 Å². The Bertz CT molecular complexity index is 1590. The monoisotopic (exact) mass is 638 g/mol. The maximum atomic E-state index is 11.4. The number of hydrogen-bond acceptors (Lipinski definition) is 10. The van der Waals surface area contributed by atoms with Gasteiger partial charge in [0.05, 0.1) is 36.1 Å². The van der Waals surface area contributed by atoms with E-state index in [1.54, 1.807) is 13.0 Å². The molecule has 0 spiro atoms. The van der Waals surface area contributed by atoms with Crippen LogP contribution in [0.4, 0.5) is 11.4 Å². The highest BCUT2D eigenvalue weighted by molar-refractivity contribution is 7.92. The van der Waals surface area contributed by atoms with Crippen LogP contribution in [0.2, 0.25) is 0 Å². The summed E-state index contributed by atoms with van der Waals surface area (Å²) in [5.74, 6) is -0.404. The fraction of sp³-hybridized carbons (Fsp3) is 0.379. The van der Waals surface area contributed by atoms with E-state index in [1.807, 2.05) is 20.8 Å². The van der Waals surface area contributed by atoms with Crippen molar-refractivity contribution >= 4 is 31.4 Å². The van der Waals surface area contributed by atoms with Crippen LogP contribution in [-0.4, -0.2) is 61.9 Å². The number of aromatic hydroxyl groups is 2. The van der Waals surface area contributed by atoms with E-state index < -0.39 is 38.3 Å². The molecule has 3 aromatic rings. The summed E-state index contributed by atoms with van der Waals surface area (Å²) in [4.78, 5) is 0. The Morgan fingerprint density at radius 2 is 1.14 bits per heavy atom. The van der Waals surface area contributed by atoms with Crippen LogP contribution in [0.15, 0.2) is 54.6 Å². The largest absolute Gasteiger partial charge is 0.506 e. The van der Waals surface area contributed by atoms with Crippen LogP contribution in [0.25, 0.3) is 0 Å². The second kappa shape index (κ2) is 14.9. The minimum absolute atomic E-state index is 0.0182. The average molecular weight is 639 g/mol. The maximum Gasteiger partial charge on any atom is 0.229 e. The molecule has 238 valence electrons. The fourth-order valence-corrected chi connectivity index (χ4v) is 5.32. The van der Waals surface area contributed by atoms with E-state index in [-0.39, 0.29) is 28.9 Å². The molecule has 0 aliphatic carbocycles. The summed E-state index contributed by atoms with van der Waals surface area (Å²) in [7, 11) is -7.01. The summed E-state index contributed by atoms with van der Waals surface area (Å²) < 4.78 is 49.3. The number of sulfonamides is 2. The van der Waals surface area contributed by atoms with E-state index in [1.165, 1.54) is 41.5 Å². The number of nitrogens with one attached hydrogen (secondary N) is 3. The standard InChI is InChI=1S/C19H26N2O4S.C10H16N2O4S/c1-12-7-13(2)9-15(8-12)11-20-14(3)19(23)16-5-6-18(22)17(10-16)21-26(4,24)25;1-6(11)10(14)7-3-4-9(13)8(5-7)12-17(2,15)16/h5-10,14,19-23H,11H2,1-4H3;3-6,10,12-14H,11H2,1-2H3/t14-,19-;6-,10-/m00/s1. The van der Waals surface area contributed by atoms with Gasteiger partial charge in [-0.15, -0.1) is 0 Å². The van der Waals surface area contributed by atoms with E-state index in [4.69, 9.17) is 5.73 Å². The van der Waals surface area contributed by atoms with Crippen LogP contribution in [0, 0.1) is 13.8 Å². The first-order valence-electron chi connectivity index (χ1n) is 13.3. The van der Waals surface area contributed by atoms with E-state index in [2.05, 4.69) is 33.0 Å². The molecule has 9 N–H and O–H groups in total. The lowest BCUT2D eigenvalue weighted by Crippen LogP contribution is -2.31. The molecule has 0 radical (unpaired) electrons. The molecule has 43 heavy (non-hydrogen) atoms. The molecular formula is C29H42N4O8S2. The molecule has 0 saturated carbocycles. The minimum Gasteiger partial charge on any atom is -0.506 e. The SMILES string of the molecule is C[C@H](N)[C@H](O)c1ccc(O)c(NS(C)(=O)=O)c1.Cc1cc(C)cc(CN[C@@H](C)[C@H](O)c2ccc(O)c(NS(C)(=O)=O)c2)c1. The number of phenolic OH excluding ortho intramolecular Hbond substituents is 2. The molecule has 0 aliphatic heterocycles. The highest BCUT2D eigenvalue weighted by atomic mass is 32.2. The number of aryl methyl sites for hydroxylation is 2. The van der Waals surface area contributed by atoms with Crippen molar-refractivity contribution in [1.29, 1.82) is 0 Å². The maximum absolute atomic E-state index is 11.4. The first-order chi connectivity index (χ1) is 19.8. The van der Waals surface area contributed by atoms with Crippen molar-refractivity contribution < 1.29 is 37.3 Å². The Balaban J connectivity index is 0.000000329. The first kappa shape index (κ1) is 35.8. The second-order valence-corrected chi connectivity index (χ2v) is 14.2. The zero-order chi connectivity index (χ0) is 32.7. The third-order valence-electron chi connectivity index (χ3n) is 6.20. The molecule has 14 heteroatoms. The summed E-state index contributed by atoms with van der Waals surface area (Å²) in [6, 6.07) is 14.0. The number of rotatable bonds is 11. The van der Waals surface area contributed by atoms with Crippen molar-refractivity contribution in [1.82, 2.24) is 5.32 Å². The minimum atomic E-state index is -3.52. The first-order valence-corrected chi connectivity index (χ1v) is 17.1. The van der Waals surface area contributed by atoms with Gasteiger partial charge in [-0.3, -0.25) is 9.44 Å². The zero-order valence-corrected chi connectivity index (χ0v) is 26.7. The smallest absolute Gasteiger partial charge is 0.229 e. The van der Waals surface area contributed by atoms with E-state index in [9.17, 15) is 37.3 Å². The summed E-state index contributed by atoms with van der Waals surface area (Å²) in [6.07, 6.45) is 0.197. The van der Waals surface area contributed by atoms with Gasteiger partial charge in [-0.2, -0.15) is 0 Å². The van der Waals surface area contributed by atoms with Crippen LogP contribution in [0.5, 0.6) is 11.5 Å². The number of aliphatic hydroxyl groups is 2. The van der Waals surface area contributed by atoms with Gasteiger partial charge in [0.15, 0.2) is 0 Å². The Hall–Kier alpha value is -3.40. The van der Waals surface area contributed by atoms with Gasteiger partial charge >= 0.3 is 0 Å². The van der Waals surface area contributed by atoms with Crippen LogP contribution in [-0.2, 0) is 26.6 Å². The molecule has 0 unspecified atom stereocenters. The van der Waals surface area contributed by atoms with E-state index in [0.29, 0.717) is 17.7 Å². The number of anilines is 2. The third-order valence-corrected chi connectivity index (χ3v) is 7.38. The molecule has 0 saturated heterocycles. The van der Waals surface area contributed by atoms with Gasteiger partial charge in [0, 0.05) is 18.6 Å². The highest BCUT2D eigenvalue weighted by Gasteiger charge is 2.19. The highest BCUT2D eigenvalue weighted by Crippen LogP contribution is 2.30. The molecule has 0 bridgehead atoms. The number of nitrogens with two attached hydrogens (primary N) is 1. The fourth-order valence-electron chi connectivity index (χ4n) is 4.19. The van der Waals surface area contributed by atoms with Gasteiger partial charge in [0.25, 0.3) is 0 Å². The Morgan fingerprint density at radius 3 is 1.53 bits per heavy atom. The normalized spacial score (nSPS) is 14.5. The van der Waals surface area contributed by atoms with Crippen molar-refractivity contribution in [2.24, 2.45) is 5.73 Å². The summed E-state index contributed by atoms with van der Waals surface area (Å²) >= 11 is 0. The van der Waals surface area contributed by atoms with E-state index >= 15 is 0 Å². The van der Waals surface area contributed by atoms with Crippen molar-refractivity contribution in [2.75, 3.05) is 22.0 Å². The molecule has 3 rings (SSSR count). The lowest BCUT2D eigenvalue weighted by Gasteiger charge is -2.22. The third kappa shape index (κ3) is 12.0. The van der Waals surface area contributed by atoms with Gasteiger partial charge in [0.2, 0.25) is 20.0 Å². The van der Waals surface area contributed by atoms with Gasteiger partial charge in [0.1, 0.15) is 11.5 Å². The molecule has 4 atom stereocenters. The second-order valence-electron chi connectivity index (χ2n) is 10.7. The number of phenols is 2. The molecular weight excluding hydrogens is 596 g/mol. The topological polar surface area (TPSA) is 211 Å². The number of aliphatic hydroxyl groups excluding tert-OH is 2.